The zero-order valence-corrected chi connectivity index (χ0v) is 13.3. The van der Waals surface area contributed by atoms with E-state index in [4.69, 9.17) is 0 Å². The fourth-order valence-electron chi connectivity index (χ4n) is 2.04. The minimum atomic E-state index is -0.275. The lowest BCUT2D eigenvalue weighted by Crippen LogP contribution is -2.29. The maximum Gasteiger partial charge on any atom is 0.266 e. The quantitative estimate of drug-likeness (QED) is 0.512. The van der Waals surface area contributed by atoms with Crippen molar-refractivity contribution in [1.29, 1.82) is 0 Å². The molecular formula is C14H7BrINO2. The smallest absolute Gasteiger partial charge is 0.266 e. The summed E-state index contributed by atoms with van der Waals surface area (Å²) in [5.41, 5.74) is 1.49. The van der Waals surface area contributed by atoms with Gasteiger partial charge in [-0.05, 0) is 65.1 Å². The van der Waals surface area contributed by atoms with Gasteiger partial charge in [0.15, 0.2) is 0 Å². The van der Waals surface area contributed by atoms with Gasteiger partial charge in [-0.15, -0.1) is 0 Å². The molecule has 3 nitrogen and oxygen atoms in total. The van der Waals surface area contributed by atoms with Crippen molar-refractivity contribution in [3.05, 3.63) is 61.6 Å². The van der Waals surface area contributed by atoms with Crippen molar-refractivity contribution in [3.63, 3.8) is 0 Å². The number of hydrogen-bond donors (Lipinski definition) is 0. The number of halogens is 2. The summed E-state index contributed by atoms with van der Waals surface area (Å²) in [6, 6.07) is 12.4. The first-order valence-electron chi connectivity index (χ1n) is 5.52. The van der Waals surface area contributed by atoms with E-state index >= 15 is 0 Å². The Hall–Kier alpha value is -1.21. The second-order valence-corrected chi connectivity index (χ2v) is 6.27. The highest BCUT2D eigenvalue weighted by atomic mass is 127. The number of carbonyl (C=O) groups is 2. The molecule has 0 unspecified atom stereocenters. The van der Waals surface area contributed by atoms with Gasteiger partial charge < -0.3 is 0 Å². The lowest BCUT2D eigenvalue weighted by molar-refractivity contribution is 0.0926. The van der Waals surface area contributed by atoms with Gasteiger partial charge in [-0.25, -0.2) is 4.90 Å². The third-order valence-electron chi connectivity index (χ3n) is 2.93. The molecule has 1 aliphatic rings. The van der Waals surface area contributed by atoms with Gasteiger partial charge in [0.2, 0.25) is 0 Å². The first-order chi connectivity index (χ1) is 9.08. The zero-order valence-electron chi connectivity index (χ0n) is 9.56. The Morgan fingerprint density at radius 3 is 2.21 bits per heavy atom. The molecule has 0 atom stereocenters. The molecule has 0 aliphatic carbocycles. The van der Waals surface area contributed by atoms with Crippen molar-refractivity contribution in [2.75, 3.05) is 4.90 Å². The molecule has 2 aromatic carbocycles. The number of benzene rings is 2. The van der Waals surface area contributed by atoms with E-state index < -0.39 is 0 Å². The summed E-state index contributed by atoms with van der Waals surface area (Å²) in [7, 11) is 0. The molecule has 2 aromatic rings. The molecule has 0 N–H and O–H groups in total. The van der Waals surface area contributed by atoms with Gasteiger partial charge in [0.05, 0.1) is 16.8 Å². The second-order valence-electron chi connectivity index (χ2n) is 4.11. The standard InChI is InChI=1S/C14H7BrINO2/c15-8-1-6-11-12(7-8)14(19)17(13(11)18)10-4-2-9(16)3-5-10/h1-7H. The number of nitrogens with zero attached hydrogens (tertiary/aromatic N) is 1. The van der Waals surface area contributed by atoms with Crippen LogP contribution in [0, 0.1) is 3.57 Å². The van der Waals surface area contributed by atoms with Crippen LogP contribution in [-0.4, -0.2) is 11.8 Å². The van der Waals surface area contributed by atoms with Crippen LogP contribution in [0.25, 0.3) is 0 Å². The molecule has 1 aliphatic heterocycles. The Morgan fingerprint density at radius 1 is 0.895 bits per heavy atom. The van der Waals surface area contributed by atoms with Gasteiger partial charge in [-0.3, -0.25) is 9.59 Å². The molecule has 0 saturated carbocycles. The molecule has 0 aromatic heterocycles. The van der Waals surface area contributed by atoms with Crippen LogP contribution in [0.3, 0.4) is 0 Å². The number of carbonyl (C=O) groups excluding carboxylic acids is 2. The summed E-state index contributed by atoms with van der Waals surface area (Å²) in [6.07, 6.45) is 0. The number of fused-ring (bicyclic) bond motifs is 1. The molecule has 3 rings (SSSR count). The SMILES string of the molecule is O=C1c2ccc(Br)cc2C(=O)N1c1ccc(I)cc1. The third-order valence-corrected chi connectivity index (χ3v) is 4.15. The lowest BCUT2D eigenvalue weighted by Gasteiger charge is -2.13. The maximum absolute atomic E-state index is 12.3. The van der Waals surface area contributed by atoms with Crippen molar-refractivity contribution in [1.82, 2.24) is 0 Å². The van der Waals surface area contributed by atoms with Crippen LogP contribution < -0.4 is 4.90 Å². The Balaban J connectivity index is 2.10. The Bertz CT molecular complexity index is 697. The number of hydrogen-bond acceptors (Lipinski definition) is 2. The molecule has 0 saturated heterocycles. The molecule has 94 valence electrons. The fourth-order valence-corrected chi connectivity index (χ4v) is 2.76. The van der Waals surface area contributed by atoms with Crippen LogP contribution in [-0.2, 0) is 0 Å². The van der Waals surface area contributed by atoms with Crippen molar-refractivity contribution in [2.45, 2.75) is 0 Å². The molecule has 5 heteroatoms. The molecule has 2 amide bonds. The van der Waals surface area contributed by atoms with Crippen LogP contribution in [0.4, 0.5) is 5.69 Å². The predicted molar refractivity (Wildman–Crippen MR) is 84.4 cm³/mol. The zero-order chi connectivity index (χ0) is 13.6. The van der Waals surface area contributed by atoms with Gasteiger partial charge >= 0.3 is 0 Å². The van der Waals surface area contributed by atoms with E-state index in [1.54, 1.807) is 30.3 Å². The first kappa shape index (κ1) is 12.8. The number of amides is 2. The van der Waals surface area contributed by atoms with E-state index in [2.05, 4.69) is 38.5 Å². The number of imide groups is 1. The first-order valence-corrected chi connectivity index (χ1v) is 7.39. The summed E-state index contributed by atoms with van der Waals surface area (Å²) in [6.45, 7) is 0. The topological polar surface area (TPSA) is 37.4 Å². The fraction of sp³-hybridized carbons (Fsp3) is 0. The highest BCUT2D eigenvalue weighted by Crippen LogP contribution is 2.30. The molecule has 0 bridgehead atoms. The molecular weight excluding hydrogens is 421 g/mol. The van der Waals surface area contributed by atoms with E-state index in [0.29, 0.717) is 16.8 Å². The van der Waals surface area contributed by atoms with Gasteiger partial charge in [0.1, 0.15) is 0 Å². The van der Waals surface area contributed by atoms with Crippen molar-refractivity contribution in [2.24, 2.45) is 0 Å². The van der Waals surface area contributed by atoms with Gasteiger partial charge in [-0.2, -0.15) is 0 Å². The summed E-state index contributed by atoms with van der Waals surface area (Å²) < 4.78 is 1.84. The number of anilines is 1. The van der Waals surface area contributed by atoms with Gasteiger partial charge in [0, 0.05) is 8.04 Å². The minimum Gasteiger partial charge on any atom is -0.268 e. The maximum atomic E-state index is 12.3. The van der Waals surface area contributed by atoms with E-state index in [0.717, 1.165) is 8.04 Å². The Kier molecular flexibility index (Phi) is 3.18. The minimum absolute atomic E-state index is 0.270. The predicted octanol–water partition coefficient (Wildman–Crippen LogP) is 3.85. The van der Waals surface area contributed by atoms with Crippen LogP contribution in [0.5, 0.6) is 0 Å². The van der Waals surface area contributed by atoms with Crippen LogP contribution in [0.2, 0.25) is 0 Å². The molecule has 0 fully saturated rings. The molecule has 1 heterocycles. The van der Waals surface area contributed by atoms with Crippen LogP contribution >= 0.6 is 38.5 Å². The average Bonchev–Trinajstić information content (AvgIpc) is 2.63. The highest BCUT2D eigenvalue weighted by Gasteiger charge is 2.36. The van der Waals surface area contributed by atoms with Gasteiger partial charge in [-0.1, -0.05) is 15.9 Å². The van der Waals surface area contributed by atoms with E-state index in [-0.39, 0.29) is 11.8 Å². The van der Waals surface area contributed by atoms with E-state index in [9.17, 15) is 9.59 Å². The summed E-state index contributed by atoms with van der Waals surface area (Å²) in [4.78, 5) is 25.8. The summed E-state index contributed by atoms with van der Waals surface area (Å²) >= 11 is 5.50. The summed E-state index contributed by atoms with van der Waals surface area (Å²) in [5, 5.41) is 0. The monoisotopic (exact) mass is 427 g/mol. The Morgan fingerprint density at radius 2 is 1.53 bits per heavy atom. The van der Waals surface area contributed by atoms with E-state index in [1.165, 1.54) is 4.90 Å². The Labute approximate surface area is 131 Å². The lowest BCUT2D eigenvalue weighted by atomic mass is 10.1. The molecule has 0 radical (unpaired) electrons. The van der Waals surface area contributed by atoms with Crippen molar-refractivity contribution >= 4 is 56.0 Å². The molecule has 0 spiro atoms. The van der Waals surface area contributed by atoms with Crippen molar-refractivity contribution in [3.8, 4) is 0 Å². The second kappa shape index (κ2) is 4.72. The van der Waals surface area contributed by atoms with Crippen LogP contribution in [0.15, 0.2) is 46.9 Å². The normalized spacial score (nSPS) is 13.9. The highest BCUT2D eigenvalue weighted by molar-refractivity contribution is 14.1. The van der Waals surface area contributed by atoms with Crippen LogP contribution in [0.1, 0.15) is 20.7 Å². The largest absolute Gasteiger partial charge is 0.268 e. The van der Waals surface area contributed by atoms with Gasteiger partial charge in [0.25, 0.3) is 11.8 Å². The summed E-state index contributed by atoms with van der Waals surface area (Å²) in [5.74, 6) is -0.545. The molecule has 19 heavy (non-hydrogen) atoms. The third kappa shape index (κ3) is 2.10. The van der Waals surface area contributed by atoms with E-state index in [1.807, 2.05) is 12.1 Å². The number of rotatable bonds is 1. The van der Waals surface area contributed by atoms with Crippen molar-refractivity contribution < 1.29 is 9.59 Å². The average molecular weight is 428 g/mol.